The van der Waals surface area contributed by atoms with Crippen LogP contribution in [0.5, 0.6) is 0 Å². The predicted octanol–water partition coefficient (Wildman–Crippen LogP) is 2.91. The van der Waals surface area contributed by atoms with Crippen LogP contribution in [-0.2, 0) is 21.5 Å². The Morgan fingerprint density at radius 3 is 2.53 bits per heavy atom. The zero-order valence-electron chi connectivity index (χ0n) is 17.5. The maximum Gasteiger partial charge on any atom is 0.236 e. The number of aromatic nitrogens is 5. The highest BCUT2D eigenvalue weighted by Gasteiger charge is 2.50. The number of nitrogens with one attached hydrogen (secondary N) is 2. The van der Waals surface area contributed by atoms with Crippen molar-refractivity contribution in [3.05, 3.63) is 59.0 Å². The number of carbonyl (C=O) groups excluding carboxylic acids is 2. The van der Waals surface area contributed by atoms with Gasteiger partial charge in [-0.15, -0.1) is 0 Å². The Hall–Kier alpha value is -4.35. The highest BCUT2D eigenvalue weighted by atomic mass is 19.1. The van der Waals surface area contributed by atoms with Gasteiger partial charge in [0, 0.05) is 12.0 Å². The molecule has 0 aliphatic carbocycles. The summed E-state index contributed by atoms with van der Waals surface area (Å²) in [4.78, 5) is 37.7. The van der Waals surface area contributed by atoms with Gasteiger partial charge in [0.1, 0.15) is 34.8 Å². The van der Waals surface area contributed by atoms with Gasteiger partial charge in [0.15, 0.2) is 11.5 Å². The van der Waals surface area contributed by atoms with Crippen LogP contribution in [0.3, 0.4) is 0 Å². The molecule has 2 amide bonds. The molecule has 2 aliphatic rings. The summed E-state index contributed by atoms with van der Waals surface area (Å²) in [6.07, 6.45) is 0.906. The number of carbonyl (C=O) groups is 2. The molecule has 0 saturated carbocycles. The first-order valence-corrected chi connectivity index (χ1v) is 10.2. The van der Waals surface area contributed by atoms with Crippen LogP contribution in [0.4, 0.5) is 24.8 Å². The van der Waals surface area contributed by atoms with E-state index < -0.39 is 22.9 Å². The van der Waals surface area contributed by atoms with Crippen LogP contribution >= 0.6 is 0 Å². The molecular weight excluding hydrogens is 451 g/mol. The summed E-state index contributed by atoms with van der Waals surface area (Å²) >= 11 is 0. The maximum absolute atomic E-state index is 14.3. The molecule has 0 fully saturated rings. The first-order chi connectivity index (χ1) is 16.2. The van der Waals surface area contributed by atoms with Gasteiger partial charge in [-0.1, -0.05) is 6.07 Å². The lowest BCUT2D eigenvalue weighted by Gasteiger charge is -2.27. The lowest BCUT2D eigenvalue weighted by Crippen LogP contribution is -2.39. The van der Waals surface area contributed by atoms with E-state index in [0.717, 1.165) is 24.4 Å². The van der Waals surface area contributed by atoms with Crippen molar-refractivity contribution in [2.24, 2.45) is 0 Å². The van der Waals surface area contributed by atoms with Crippen molar-refractivity contribution in [1.29, 1.82) is 0 Å². The Kier molecular flexibility index (Phi) is 4.07. The van der Waals surface area contributed by atoms with Crippen molar-refractivity contribution < 1.29 is 22.8 Å². The van der Waals surface area contributed by atoms with E-state index in [2.05, 4.69) is 30.7 Å². The summed E-state index contributed by atoms with van der Waals surface area (Å²) in [5.74, 6) is -2.65. The van der Waals surface area contributed by atoms with Crippen molar-refractivity contribution in [2.75, 3.05) is 10.6 Å². The summed E-state index contributed by atoms with van der Waals surface area (Å²) in [7, 11) is 0. The van der Waals surface area contributed by atoms with E-state index in [4.69, 9.17) is 0 Å². The number of rotatable bonds is 3. The summed E-state index contributed by atoms with van der Waals surface area (Å²) < 4.78 is 43.8. The summed E-state index contributed by atoms with van der Waals surface area (Å²) in [5.41, 5.74) is -0.675. The minimum absolute atomic E-state index is 0.0225. The molecule has 3 aromatic heterocycles. The van der Waals surface area contributed by atoms with Crippen LogP contribution in [0.1, 0.15) is 24.5 Å². The second kappa shape index (κ2) is 6.83. The number of hydrogen-bond acceptors (Lipinski definition) is 6. The first-order valence-electron chi connectivity index (χ1n) is 10.2. The lowest BCUT2D eigenvalue weighted by atomic mass is 9.79. The van der Waals surface area contributed by atoms with E-state index in [9.17, 15) is 22.8 Å². The Morgan fingerprint density at radius 1 is 1.09 bits per heavy atom. The fraction of sp³-hybridized carbons (Fsp3) is 0.182. The predicted molar refractivity (Wildman–Crippen MR) is 113 cm³/mol. The summed E-state index contributed by atoms with van der Waals surface area (Å²) in [6.45, 7) is 1.31. The molecule has 1 unspecified atom stereocenters. The third-order valence-corrected chi connectivity index (χ3v) is 6.10. The Bertz CT molecular complexity index is 1550. The number of hydrogen-bond donors (Lipinski definition) is 2. The SMILES string of the molecule is CC12CC(=O)Nc3nc(-c4nn(Cc5c(F)cccc5F)c5ncc(F)cc45)nc(c31)NC2=O. The molecule has 0 radical (unpaired) electrons. The molecule has 5 heterocycles. The molecule has 12 heteroatoms. The van der Waals surface area contributed by atoms with E-state index in [1.54, 1.807) is 6.92 Å². The Morgan fingerprint density at radius 2 is 1.79 bits per heavy atom. The van der Waals surface area contributed by atoms with Crippen LogP contribution < -0.4 is 10.6 Å². The van der Waals surface area contributed by atoms with Crippen molar-refractivity contribution >= 4 is 34.5 Å². The maximum atomic E-state index is 14.3. The number of fused-ring (bicyclic) bond motifs is 1. The van der Waals surface area contributed by atoms with E-state index in [0.29, 0.717) is 5.56 Å². The van der Waals surface area contributed by atoms with Gasteiger partial charge in [-0.25, -0.2) is 32.8 Å². The average molecular weight is 465 g/mol. The van der Waals surface area contributed by atoms with Crippen LogP contribution in [0.15, 0.2) is 30.5 Å². The number of halogens is 3. The molecule has 6 rings (SSSR count). The third kappa shape index (κ3) is 2.81. The first kappa shape index (κ1) is 20.3. The molecule has 9 nitrogen and oxygen atoms in total. The summed E-state index contributed by atoms with van der Waals surface area (Å²) in [6, 6.07) is 4.64. The molecule has 1 atom stereocenters. The number of anilines is 2. The molecule has 0 bridgehead atoms. The van der Waals surface area contributed by atoms with Crippen LogP contribution in [-0.4, -0.2) is 36.5 Å². The molecular formula is C22H14F3N7O2. The third-order valence-electron chi connectivity index (χ3n) is 6.10. The van der Waals surface area contributed by atoms with Crippen LogP contribution in [0.25, 0.3) is 22.6 Å². The van der Waals surface area contributed by atoms with Gasteiger partial charge in [0.05, 0.1) is 29.1 Å². The van der Waals surface area contributed by atoms with Gasteiger partial charge < -0.3 is 10.6 Å². The van der Waals surface area contributed by atoms with Gasteiger partial charge in [0.2, 0.25) is 11.8 Å². The molecule has 0 spiro atoms. The molecule has 170 valence electrons. The van der Waals surface area contributed by atoms with Crippen molar-refractivity contribution in [1.82, 2.24) is 24.7 Å². The van der Waals surface area contributed by atoms with E-state index >= 15 is 0 Å². The topological polar surface area (TPSA) is 115 Å². The van der Waals surface area contributed by atoms with Gasteiger partial charge in [-0.05, 0) is 25.1 Å². The second-order valence-electron chi connectivity index (χ2n) is 8.36. The van der Waals surface area contributed by atoms with Gasteiger partial charge >= 0.3 is 0 Å². The molecule has 34 heavy (non-hydrogen) atoms. The Balaban J connectivity index is 1.55. The minimum Gasteiger partial charge on any atom is -0.310 e. The van der Waals surface area contributed by atoms with E-state index in [-0.39, 0.29) is 64.5 Å². The highest BCUT2D eigenvalue weighted by molar-refractivity contribution is 6.13. The average Bonchev–Trinajstić information content (AvgIpc) is 3.25. The Labute approximate surface area is 189 Å². The number of nitrogens with zero attached hydrogens (tertiary/aromatic N) is 5. The second-order valence-corrected chi connectivity index (χ2v) is 8.36. The number of amides is 2. The fourth-order valence-electron chi connectivity index (χ4n) is 4.44. The lowest BCUT2D eigenvalue weighted by molar-refractivity contribution is -0.125. The molecule has 4 aromatic rings. The van der Waals surface area contributed by atoms with E-state index in [1.165, 1.54) is 10.7 Å². The smallest absolute Gasteiger partial charge is 0.236 e. The van der Waals surface area contributed by atoms with Crippen LogP contribution in [0.2, 0.25) is 0 Å². The van der Waals surface area contributed by atoms with Crippen LogP contribution in [0, 0.1) is 17.5 Å². The standard InChI is InChI=1S/C22H14F3N7O2/c1-22-6-14(33)27-17-15(22)18(30-21(22)34)29-19(28-17)16-10-5-9(23)7-26-20(10)32(31-16)8-11-12(24)3-2-4-13(11)25/h2-5,7H,6,8H2,1H3,(H2,27,28,29,30,33,34). The summed E-state index contributed by atoms with van der Waals surface area (Å²) in [5, 5.41) is 9.88. The molecule has 2 aliphatic heterocycles. The van der Waals surface area contributed by atoms with E-state index in [1.807, 2.05) is 0 Å². The molecule has 0 saturated heterocycles. The van der Waals surface area contributed by atoms with Gasteiger partial charge in [0.25, 0.3) is 0 Å². The number of pyridine rings is 1. The minimum atomic E-state index is -1.11. The molecule has 2 N–H and O–H groups in total. The monoisotopic (exact) mass is 465 g/mol. The largest absolute Gasteiger partial charge is 0.310 e. The van der Waals surface area contributed by atoms with Gasteiger partial charge in [-0.3, -0.25) is 9.59 Å². The highest BCUT2D eigenvalue weighted by Crippen LogP contribution is 2.46. The van der Waals surface area contributed by atoms with Crippen molar-refractivity contribution in [2.45, 2.75) is 25.3 Å². The van der Waals surface area contributed by atoms with Crippen molar-refractivity contribution in [3.63, 3.8) is 0 Å². The quantitative estimate of drug-likeness (QED) is 0.481. The fourth-order valence-corrected chi connectivity index (χ4v) is 4.44. The normalized spacial score (nSPS) is 18.7. The molecule has 1 aromatic carbocycles. The number of benzene rings is 1. The van der Waals surface area contributed by atoms with Crippen molar-refractivity contribution in [3.8, 4) is 11.5 Å². The zero-order chi connectivity index (χ0) is 23.8. The zero-order valence-corrected chi connectivity index (χ0v) is 17.5. The van der Waals surface area contributed by atoms with Gasteiger partial charge in [-0.2, -0.15) is 5.10 Å².